The van der Waals surface area contributed by atoms with Gasteiger partial charge in [0.2, 0.25) is 0 Å². The summed E-state index contributed by atoms with van der Waals surface area (Å²) in [6.07, 6.45) is 2.02. The van der Waals surface area contributed by atoms with Crippen molar-refractivity contribution in [1.29, 1.82) is 0 Å². The topological polar surface area (TPSA) is 29.5 Å². The molecule has 2 nitrogen and oxygen atoms in total. The maximum absolute atomic E-state index is 8.36. The zero-order valence-electron chi connectivity index (χ0n) is 6.26. The zero-order chi connectivity index (χ0) is 7.11. The molecule has 0 aromatic carbocycles. The van der Waals surface area contributed by atoms with Crippen LogP contribution in [0.15, 0.2) is 0 Å². The molecule has 9 heavy (non-hydrogen) atoms. The lowest BCUT2D eigenvalue weighted by Crippen LogP contribution is -2.09. The molecule has 0 aromatic rings. The highest BCUT2D eigenvalue weighted by Gasteiger charge is 1.94. The van der Waals surface area contributed by atoms with Gasteiger partial charge in [0.05, 0.1) is 6.10 Å². The van der Waals surface area contributed by atoms with Crippen LogP contribution in [-0.4, -0.2) is 24.4 Å². The average Bonchev–Trinajstić information content (AvgIpc) is 1.61. The zero-order valence-corrected chi connectivity index (χ0v) is 6.26. The second-order valence-electron chi connectivity index (χ2n) is 2.22. The molecule has 0 aliphatic carbocycles. The molecule has 56 valence electrons. The first kappa shape index (κ1) is 8.92. The van der Waals surface area contributed by atoms with Gasteiger partial charge in [-0.05, 0) is 19.8 Å². The Morgan fingerprint density at radius 3 is 1.78 bits per heavy atom. The lowest BCUT2D eigenvalue weighted by Gasteiger charge is -2.09. The summed E-state index contributed by atoms with van der Waals surface area (Å²) < 4.78 is 4.72. The van der Waals surface area contributed by atoms with E-state index in [0.717, 1.165) is 19.6 Å². The third-order valence-electron chi connectivity index (χ3n) is 1.17. The van der Waals surface area contributed by atoms with Gasteiger partial charge in [-0.25, -0.2) is 0 Å². The average molecular weight is 132 g/mol. The molecule has 1 heterocycles. The van der Waals surface area contributed by atoms with Gasteiger partial charge in [-0.2, -0.15) is 0 Å². The van der Waals surface area contributed by atoms with E-state index < -0.39 is 0 Å². The van der Waals surface area contributed by atoms with Gasteiger partial charge in [-0.1, -0.05) is 6.92 Å². The molecular formula is C7H16O2. The molecule has 1 saturated heterocycles. The van der Waals surface area contributed by atoms with Crippen LogP contribution in [0.5, 0.6) is 0 Å². The summed E-state index contributed by atoms with van der Waals surface area (Å²) in [6, 6.07) is 0. The Morgan fingerprint density at radius 2 is 1.78 bits per heavy atom. The van der Waals surface area contributed by atoms with E-state index in [9.17, 15) is 0 Å². The van der Waals surface area contributed by atoms with Gasteiger partial charge < -0.3 is 9.84 Å². The standard InChI is InChI=1S/C4H10O.C3H6O/c1-3-4(2)5;1-2-4-3-1/h4-5H,3H2,1-2H3;1-3H2. The largest absolute Gasteiger partial charge is 0.393 e. The van der Waals surface area contributed by atoms with E-state index in [2.05, 4.69) is 0 Å². The van der Waals surface area contributed by atoms with Crippen LogP contribution < -0.4 is 0 Å². The van der Waals surface area contributed by atoms with E-state index in [0.29, 0.717) is 0 Å². The Balaban J connectivity index is 0.000000144. The Bertz CT molecular complexity index is 44.9. The van der Waals surface area contributed by atoms with Crippen LogP contribution in [0, 0.1) is 0 Å². The molecule has 0 amide bonds. The van der Waals surface area contributed by atoms with Gasteiger partial charge in [0.25, 0.3) is 0 Å². The fraction of sp³-hybridized carbons (Fsp3) is 1.00. The van der Waals surface area contributed by atoms with Gasteiger partial charge in [0.15, 0.2) is 0 Å². The number of hydrogen-bond donors (Lipinski definition) is 1. The smallest absolute Gasteiger partial charge is 0.0509 e. The van der Waals surface area contributed by atoms with Gasteiger partial charge in [-0.15, -0.1) is 0 Å². The third-order valence-corrected chi connectivity index (χ3v) is 1.17. The molecule has 1 N–H and O–H groups in total. The molecule has 1 atom stereocenters. The van der Waals surface area contributed by atoms with Crippen molar-refractivity contribution in [2.45, 2.75) is 32.8 Å². The van der Waals surface area contributed by atoms with Crippen molar-refractivity contribution in [3.63, 3.8) is 0 Å². The fourth-order valence-corrected chi connectivity index (χ4v) is 0.144. The number of aliphatic hydroxyl groups excluding tert-OH is 1. The molecule has 0 saturated carbocycles. The number of ether oxygens (including phenoxy) is 1. The van der Waals surface area contributed by atoms with Crippen molar-refractivity contribution in [3.05, 3.63) is 0 Å². The van der Waals surface area contributed by atoms with Gasteiger partial charge >= 0.3 is 0 Å². The minimum absolute atomic E-state index is 0.116. The van der Waals surface area contributed by atoms with E-state index in [1.165, 1.54) is 6.42 Å². The maximum atomic E-state index is 8.36. The Morgan fingerprint density at radius 1 is 1.56 bits per heavy atom. The van der Waals surface area contributed by atoms with Crippen LogP contribution in [-0.2, 0) is 4.74 Å². The molecule has 0 radical (unpaired) electrons. The van der Waals surface area contributed by atoms with Crippen molar-refractivity contribution < 1.29 is 9.84 Å². The SMILES string of the molecule is C1COC1.CCC(C)O. The molecule has 1 rings (SSSR count). The first-order valence-corrected chi connectivity index (χ1v) is 3.53. The highest BCUT2D eigenvalue weighted by Crippen LogP contribution is 1.93. The van der Waals surface area contributed by atoms with Gasteiger partial charge in [0.1, 0.15) is 0 Å². The Labute approximate surface area is 56.8 Å². The van der Waals surface area contributed by atoms with E-state index in [1.54, 1.807) is 6.92 Å². The summed E-state index contributed by atoms with van der Waals surface area (Å²) in [5.41, 5.74) is 0. The fourth-order valence-electron chi connectivity index (χ4n) is 0.144. The van der Waals surface area contributed by atoms with E-state index in [4.69, 9.17) is 9.84 Å². The maximum Gasteiger partial charge on any atom is 0.0509 e. The van der Waals surface area contributed by atoms with E-state index in [-0.39, 0.29) is 6.10 Å². The molecule has 1 unspecified atom stereocenters. The summed E-state index contributed by atoms with van der Waals surface area (Å²) in [6.45, 7) is 5.73. The van der Waals surface area contributed by atoms with Crippen molar-refractivity contribution in [3.8, 4) is 0 Å². The predicted octanol–water partition coefficient (Wildman–Crippen LogP) is 1.18. The van der Waals surface area contributed by atoms with Crippen molar-refractivity contribution >= 4 is 0 Å². The summed E-state index contributed by atoms with van der Waals surface area (Å²) >= 11 is 0. The number of hydrogen-bond acceptors (Lipinski definition) is 2. The summed E-state index contributed by atoms with van der Waals surface area (Å²) in [5, 5.41) is 8.36. The molecule has 1 aliphatic heterocycles. The van der Waals surface area contributed by atoms with Crippen LogP contribution in [0.25, 0.3) is 0 Å². The van der Waals surface area contributed by atoms with Crippen LogP contribution in [0.2, 0.25) is 0 Å². The molecule has 0 bridgehead atoms. The second-order valence-corrected chi connectivity index (χ2v) is 2.22. The first-order chi connectivity index (χ1) is 4.27. The second kappa shape index (κ2) is 6.05. The lowest BCUT2D eigenvalue weighted by atomic mass is 10.3. The van der Waals surface area contributed by atoms with Crippen molar-refractivity contribution in [2.24, 2.45) is 0 Å². The van der Waals surface area contributed by atoms with Crippen molar-refractivity contribution in [2.75, 3.05) is 13.2 Å². The third kappa shape index (κ3) is 7.92. The summed E-state index contributed by atoms with van der Waals surface area (Å²) in [7, 11) is 0. The summed E-state index contributed by atoms with van der Waals surface area (Å²) in [5.74, 6) is 0. The molecule has 1 fully saturated rings. The van der Waals surface area contributed by atoms with Crippen LogP contribution >= 0.6 is 0 Å². The summed E-state index contributed by atoms with van der Waals surface area (Å²) in [4.78, 5) is 0. The lowest BCUT2D eigenvalue weighted by molar-refractivity contribution is 0.0367. The predicted molar refractivity (Wildman–Crippen MR) is 37.4 cm³/mol. The molecule has 1 aliphatic rings. The number of rotatable bonds is 1. The van der Waals surface area contributed by atoms with E-state index in [1.807, 2.05) is 6.92 Å². The quantitative estimate of drug-likeness (QED) is 0.580. The number of aliphatic hydroxyl groups is 1. The minimum Gasteiger partial charge on any atom is -0.393 e. The minimum atomic E-state index is -0.116. The van der Waals surface area contributed by atoms with Crippen LogP contribution in [0.3, 0.4) is 0 Å². The molecule has 2 heteroatoms. The van der Waals surface area contributed by atoms with E-state index >= 15 is 0 Å². The Kier molecular flexibility index (Phi) is 5.99. The molecular weight excluding hydrogens is 116 g/mol. The normalized spacial score (nSPS) is 19.0. The molecule has 0 spiro atoms. The van der Waals surface area contributed by atoms with Crippen molar-refractivity contribution in [1.82, 2.24) is 0 Å². The highest BCUT2D eigenvalue weighted by atomic mass is 16.5. The Hall–Kier alpha value is -0.0800. The highest BCUT2D eigenvalue weighted by molar-refractivity contribution is 4.41. The molecule has 0 aromatic heterocycles. The monoisotopic (exact) mass is 132 g/mol. The van der Waals surface area contributed by atoms with Crippen LogP contribution in [0.4, 0.5) is 0 Å². The van der Waals surface area contributed by atoms with Gasteiger partial charge in [0, 0.05) is 13.2 Å². The first-order valence-electron chi connectivity index (χ1n) is 3.53. The van der Waals surface area contributed by atoms with Gasteiger partial charge in [-0.3, -0.25) is 0 Å². The van der Waals surface area contributed by atoms with Crippen LogP contribution in [0.1, 0.15) is 26.7 Å².